The standard InChI is InChI=1S/C17H19NO3S/c1-3-14-8-4-5-10-16(14)18-17(19)15-9-6-7-13(11-15)12-22(2,20)21/h4-11H,3,12H2,1-2H3,(H,18,19). The number of amides is 1. The van der Waals surface area contributed by atoms with E-state index in [1.54, 1.807) is 24.3 Å². The van der Waals surface area contributed by atoms with Gasteiger partial charge in [-0.3, -0.25) is 4.79 Å². The summed E-state index contributed by atoms with van der Waals surface area (Å²) in [6, 6.07) is 14.3. The maximum atomic E-state index is 12.3. The number of aryl methyl sites for hydroxylation is 1. The van der Waals surface area contributed by atoms with E-state index >= 15 is 0 Å². The molecule has 0 heterocycles. The molecule has 0 atom stereocenters. The first-order chi connectivity index (χ1) is 10.4. The van der Waals surface area contributed by atoms with Gasteiger partial charge in [0.15, 0.2) is 9.84 Å². The number of benzene rings is 2. The molecule has 0 aliphatic heterocycles. The van der Waals surface area contributed by atoms with Crippen LogP contribution in [0.3, 0.4) is 0 Å². The Morgan fingerprint density at radius 3 is 2.50 bits per heavy atom. The van der Waals surface area contributed by atoms with Crippen molar-refractivity contribution in [2.45, 2.75) is 19.1 Å². The third-order valence-corrected chi connectivity index (χ3v) is 4.12. The fourth-order valence-corrected chi connectivity index (χ4v) is 3.04. The molecular formula is C17H19NO3S. The summed E-state index contributed by atoms with van der Waals surface area (Å²) in [5.41, 5.74) is 2.90. The molecule has 0 saturated carbocycles. The van der Waals surface area contributed by atoms with E-state index in [9.17, 15) is 13.2 Å². The van der Waals surface area contributed by atoms with E-state index < -0.39 is 9.84 Å². The van der Waals surface area contributed by atoms with Crippen molar-refractivity contribution in [3.63, 3.8) is 0 Å². The molecule has 4 nitrogen and oxygen atoms in total. The van der Waals surface area contributed by atoms with Gasteiger partial charge < -0.3 is 5.32 Å². The molecule has 0 spiro atoms. The van der Waals surface area contributed by atoms with E-state index in [2.05, 4.69) is 5.32 Å². The number of nitrogens with one attached hydrogen (secondary N) is 1. The van der Waals surface area contributed by atoms with Gasteiger partial charge in [-0.05, 0) is 35.7 Å². The fraction of sp³-hybridized carbons (Fsp3) is 0.235. The summed E-state index contributed by atoms with van der Waals surface area (Å²) in [7, 11) is -3.12. The average Bonchev–Trinajstić information content (AvgIpc) is 2.46. The summed E-state index contributed by atoms with van der Waals surface area (Å²) in [5, 5.41) is 2.88. The highest BCUT2D eigenvalue weighted by molar-refractivity contribution is 7.89. The number of sulfone groups is 1. The lowest BCUT2D eigenvalue weighted by molar-refractivity contribution is 0.102. The van der Waals surface area contributed by atoms with E-state index in [1.165, 1.54) is 6.26 Å². The van der Waals surface area contributed by atoms with E-state index in [1.807, 2.05) is 31.2 Å². The van der Waals surface area contributed by atoms with Crippen LogP contribution >= 0.6 is 0 Å². The minimum absolute atomic E-state index is 0.0698. The Labute approximate surface area is 131 Å². The number of carbonyl (C=O) groups excluding carboxylic acids is 1. The molecular weight excluding hydrogens is 298 g/mol. The predicted octanol–water partition coefficient (Wildman–Crippen LogP) is 3.05. The van der Waals surface area contributed by atoms with E-state index in [0.29, 0.717) is 11.1 Å². The average molecular weight is 317 g/mol. The molecule has 0 unspecified atom stereocenters. The highest BCUT2D eigenvalue weighted by Crippen LogP contribution is 2.17. The Bertz CT molecular complexity index is 782. The molecule has 0 saturated heterocycles. The van der Waals surface area contributed by atoms with Crippen molar-refractivity contribution < 1.29 is 13.2 Å². The minimum atomic E-state index is -3.12. The van der Waals surface area contributed by atoms with Crippen LogP contribution in [0.15, 0.2) is 48.5 Å². The van der Waals surface area contributed by atoms with Gasteiger partial charge in [0.1, 0.15) is 0 Å². The van der Waals surface area contributed by atoms with Crippen molar-refractivity contribution in [1.82, 2.24) is 0 Å². The topological polar surface area (TPSA) is 63.2 Å². The van der Waals surface area contributed by atoms with Crippen LogP contribution in [-0.4, -0.2) is 20.6 Å². The number of para-hydroxylation sites is 1. The Hall–Kier alpha value is -2.14. The van der Waals surface area contributed by atoms with E-state index in [-0.39, 0.29) is 11.7 Å². The lowest BCUT2D eigenvalue weighted by Crippen LogP contribution is -2.13. The summed E-state index contributed by atoms with van der Waals surface area (Å²) in [6.45, 7) is 2.03. The molecule has 0 radical (unpaired) electrons. The van der Waals surface area contributed by atoms with Crippen LogP contribution in [0.5, 0.6) is 0 Å². The quantitative estimate of drug-likeness (QED) is 0.922. The van der Waals surface area contributed by atoms with Gasteiger partial charge in [-0.2, -0.15) is 0 Å². The smallest absolute Gasteiger partial charge is 0.255 e. The van der Waals surface area contributed by atoms with Crippen molar-refractivity contribution in [3.05, 3.63) is 65.2 Å². The van der Waals surface area contributed by atoms with Crippen LogP contribution in [0.2, 0.25) is 0 Å². The number of hydrogen-bond donors (Lipinski definition) is 1. The maximum absolute atomic E-state index is 12.3. The molecule has 1 amide bonds. The van der Waals surface area contributed by atoms with Gasteiger partial charge >= 0.3 is 0 Å². The molecule has 0 bridgehead atoms. The number of rotatable bonds is 5. The molecule has 5 heteroatoms. The van der Waals surface area contributed by atoms with Gasteiger partial charge in [0.2, 0.25) is 0 Å². The zero-order valence-corrected chi connectivity index (χ0v) is 13.5. The first-order valence-corrected chi connectivity index (χ1v) is 9.11. The zero-order chi connectivity index (χ0) is 16.2. The second-order valence-corrected chi connectivity index (χ2v) is 7.38. The van der Waals surface area contributed by atoms with Gasteiger partial charge in [0.25, 0.3) is 5.91 Å². The molecule has 116 valence electrons. The van der Waals surface area contributed by atoms with Gasteiger partial charge in [-0.1, -0.05) is 37.3 Å². The second-order valence-electron chi connectivity index (χ2n) is 5.24. The molecule has 2 rings (SSSR count). The van der Waals surface area contributed by atoms with Crippen molar-refractivity contribution in [1.29, 1.82) is 0 Å². The Kier molecular flexibility index (Phi) is 4.98. The molecule has 0 aromatic heterocycles. The fourth-order valence-electron chi connectivity index (χ4n) is 2.25. The van der Waals surface area contributed by atoms with Crippen molar-refractivity contribution >= 4 is 21.4 Å². The maximum Gasteiger partial charge on any atom is 0.255 e. The van der Waals surface area contributed by atoms with Gasteiger partial charge in [0, 0.05) is 17.5 Å². The van der Waals surface area contributed by atoms with Crippen LogP contribution in [0.25, 0.3) is 0 Å². The molecule has 0 aliphatic rings. The second kappa shape index (κ2) is 6.75. The summed E-state index contributed by atoms with van der Waals surface area (Å²) < 4.78 is 22.7. The first-order valence-electron chi connectivity index (χ1n) is 7.05. The van der Waals surface area contributed by atoms with Crippen molar-refractivity contribution in [2.75, 3.05) is 11.6 Å². The van der Waals surface area contributed by atoms with E-state index in [0.717, 1.165) is 17.7 Å². The normalized spacial score (nSPS) is 11.2. The lowest BCUT2D eigenvalue weighted by Gasteiger charge is -2.10. The van der Waals surface area contributed by atoms with Crippen LogP contribution in [0.4, 0.5) is 5.69 Å². The minimum Gasteiger partial charge on any atom is -0.322 e. The van der Waals surface area contributed by atoms with Crippen molar-refractivity contribution in [3.8, 4) is 0 Å². The molecule has 1 N–H and O–H groups in total. The summed E-state index contributed by atoms with van der Waals surface area (Å²) in [5.74, 6) is -0.309. The van der Waals surface area contributed by atoms with Gasteiger partial charge in [0.05, 0.1) is 5.75 Å². The summed E-state index contributed by atoms with van der Waals surface area (Å²) >= 11 is 0. The third kappa shape index (κ3) is 4.43. The van der Waals surface area contributed by atoms with E-state index in [4.69, 9.17) is 0 Å². The summed E-state index contributed by atoms with van der Waals surface area (Å²) in [4.78, 5) is 12.3. The van der Waals surface area contributed by atoms with Crippen LogP contribution in [0.1, 0.15) is 28.4 Å². The third-order valence-electron chi connectivity index (χ3n) is 3.26. The SMILES string of the molecule is CCc1ccccc1NC(=O)c1cccc(CS(C)(=O)=O)c1. The Morgan fingerprint density at radius 1 is 1.09 bits per heavy atom. The molecule has 0 fully saturated rings. The molecule has 2 aromatic rings. The van der Waals surface area contributed by atoms with Gasteiger partial charge in [-0.25, -0.2) is 8.42 Å². The number of hydrogen-bond acceptors (Lipinski definition) is 3. The Morgan fingerprint density at radius 2 is 1.82 bits per heavy atom. The van der Waals surface area contributed by atoms with Crippen molar-refractivity contribution in [2.24, 2.45) is 0 Å². The highest BCUT2D eigenvalue weighted by Gasteiger charge is 2.11. The first kappa shape index (κ1) is 16.2. The monoisotopic (exact) mass is 317 g/mol. The van der Waals surface area contributed by atoms with Crippen LogP contribution < -0.4 is 5.32 Å². The lowest BCUT2D eigenvalue weighted by atomic mass is 10.1. The zero-order valence-electron chi connectivity index (χ0n) is 12.7. The summed E-state index contributed by atoms with van der Waals surface area (Å²) in [6.07, 6.45) is 2.00. The Balaban J connectivity index is 2.21. The molecule has 0 aliphatic carbocycles. The molecule has 2 aromatic carbocycles. The largest absolute Gasteiger partial charge is 0.322 e. The number of anilines is 1. The number of carbonyl (C=O) groups is 1. The predicted molar refractivity (Wildman–Crippen MR) is 88.8 cm³/mol. The van der Waals surface area contributed by atoms with Crippen LogP contribution in [-0.2, 0) is 22.0 Å². The highest BCUT2D eigenvalue weighted by atomic mass is 32.2. The van der Waals surface area contributed by atoms with Crippen LogP contribution in [0, 0.1) is 0 Å². The van der Waals surface area contributed by atoms with Gasteiger partial charge in [-0.15, -0.1) is 0 Å². The molecule has 22 heavy (non-hydrogen) atoms.